The van der Waals surface area contributed by atoms with Gasteiger partial charge in [0.25, 0.3) is 0 Å². The molecule has 24 heavy (non-hydrogen) atoms. The molecule has 0 saturated heterocycles. The molecule has 0 bridgehead atoms. The Morgan fingerprint density at radius 1 is 1.12 bits per heavy atom. The molecule has 1 amide bonds. The third-order valence-corrected chi connectivity index (χ3v) is 6.44. The largest absolute Gasteiger partial charge is 0.337 e. The molecule has 1 aromatic heterocycles. The number of carbonyl (C=O) groups is 1. The smallest absolute Gasteiger partial charge is 0.224 e. The molecule has 1 heterocycles. The van der Waals surface area contributed by atoms with E-state index in [1.54, 1.807) is 0 Å². The van der Waals surface area contributed by atoms with Crippen molar-refractivity contribution in [3.05, 3.63) is 16.4 Å². The van der Waals surface area contributed by atoms with Crippen molar-refractivity contribution in [2.45, 2.75) is 96.2 Å². The lowest BCUT2D eigenvalue weighted by molar-refractivity contribution is -0.138. The normalized spacial score (nSPS) is 20.2. The standard InChI is InChI=1S/C19H30BrN3O/c1-15-18(20)14-22(21-15)13-12-19(24)23(16-8-4-2-5-9-16)17-10-6-3-7-11-17/h14,16-17H,2-13H2,1H3. The molecule has 2 fully saturated rings. The van der Waals surface area contributed by atoms with Gasteiger partial charge in [-0.05, 0) is 48.5 Å². The van der Waals surface area contributed by atoms with Gasteiger partial charge in [0.05, 0.1) is 10.2 Å². The molecule has 3 rings (SSSR count). The number of amides is 1. The summed E-state index contributed by atoms with van der Waals surface area (Å²) in [5.74, 6) is 0.345. The summed E-state index contributed by atoms with van der Waals surface area (Å²) in [6.07, 6.45) is 15.2. The van der Waals surface area contributed by atoms with Crippen LogP contribution in [0.2, 0.25) is 0 Å². The van der Waals surface area contributed by atoms with E-state index in [0.717, 1.165) is 10.2 Å². The molecular weight excluding hydrogens is 366 g/mol. The predicted molar refractivity (Wildman–Crippen MR) is 99.9 cm³/mol. The Kier molecular flexibility index (Phi) is 6.37. The Bertz CT molecular complexity index is 507. The summed E-state index contributed by atoms with van der Waals surface area (Å²) in [4.78, 5) is 15.4. The van der Waals surface area contributed by atoms with E-state index in [-0.39, 0.29) is 0 Å². The molecule has 0 aromatic carbocycles. The fourth-order valence-corrected chi connectivity index (χ4v) is 4.69. The number of aromatic nitrogens is 2. The predicted octanol–water partition coefficient (Wildman–Crippen LogP) is 4.84. The summed E-state index contributed by atoms with van der Waals surface area (Å²) < 4.78 is 2.92. The van der Waals surface area contributed by atoms with Crippen molar-refractivity contribution in [3.63, 3.8) is 0 Å². The van der Waals surface area contributed by atoms with Crippen LogP contribution in [0.15, 0.2) is 10.7 Å². The first-order valence-electron chi connectivity index (χ1n) is 9.66. The fraction of sp³-hybridized carbons (Fsp3) is 0.789. The molecular formula is C19H30BrN3O. The van der Waals surface area contributed by atoms with Crippen molar-refractivity contribution >= 4 is 21.8 Å². The maximum absolute atomic E-state index is 13.1. The molecule has 134 valence electrons. The molecule has 2 aliphatic carbocycles. The Morgan fingerprint density at radius 3 is 2.12 bits per heavy atom. The molecule has 0 unspecified atom stereocenters. The quantitative estimate of drug-likeness (QED) is 0.715. The number of rotatable bonds is 5. The first kappa shape index (κ1) is 18.0. The first-order chi connectivity index (χ1) is 11.6. The molecule has 1 aromatic rings. The summed E-state index contributed by atoms with van der Waals surface area (Å²) in [5.41, 5.74) is 0.985. The van der Waals surface area contributed by atoms with Crippen molar-refractivity contribution in [3.8, 4) is 0 Å². The van der Waals surface area contributed by atoms with Crippen LogP contribution in [0.25, 0.3) is 0 Å². The number of aryl methyl sites for hydroxylation is 2. The average Bonchev–Trinajstić information content (AvgIpc) is 2.93. The van der Waals surface area contributed by atoms with Gasteiger partial charge >= 0.3 is 0 Å². The van der Waals surface area contributed by atoms with Crippen LogP contribution >= 0.6 is 15.9 Å². The minimum absolute atomic E-state index is 0.345. The van der Waals surface area contributed by atoms with Crippen LogP contribution in [0.4, 0.5) is 0 Å². The maximum atomic E-state index is 13.1. The van der Waals surface area contributed by atoms with Crippen LogP contribution in [0, 0.1) is 6.92 Å². The SMILES string of the molecule is Cc1nn(CCC(=O)N(C2CCCCC2)C2CCCCC2)cc1Br. The number of halogens is 1. The Hall–Kier alpha value is -0.840. The molecule has 0 N–H and O–H groups in total. The van der Waals surface area contributed by atoms with Crippen LogP contribution < -0.4 is 0 Å². The van der Waals surface area contributed by atoms with Crippen molar-refractivity contribution in [2.75, 3.05) is 0 Å². The zero-order chi connectivity index (χ0) is 16.9. The van der Waals surface area contributed by atoms with Gasteiger partial charge in [0.15, 0.2) is 0 Å². The zero-order valence-corrected chi connectivity index (χ0v) is 16.4. The van der Waals surface area contributed by atoms with Crippen LogP contribution in [-0.4, -0.2) is 32.7 Å². The topological polar surface area (TPSA) is 38.1 Å². The lowest BCUT2D eigenvalue weighted by atomic mass is 9.88. The van der Waals surface area contributed by atoms with Crippen LogP contribution in [0.5, 0.6) is 0 Å². The van der Waals surface area contributed by atoms with Crippen molar-refractivity contribution < 1.29 is 4.79 Å². The van der Waals surface area contributed by atoms with Crippen LogP contribution in [0.3, 0.4) is 0 Å². The highest BCUT2D eigenvalue weighted by atomic mass is 79.9. The van der Waals surface area contributed by atoms with Gasteiger partial charge in [0, 0.05) is 31.2 Å². The first-order valence-corrected chi connectivity index (χ1v) is 10.4. The van der Waals surface area contributed by atoms with Gasteiger partial charge in [0.2, 0.25) is 5.91 Å². The summed E-state index contributed by atoms with van der Waals surface area (Å²) in [6, 6.07) is 0.973. The second-order valence-corrected chi connectivity index (χ2v) is 8.31. The summed E-state index contributed by atoms with van der Waals surface area (Å²) in [5, 5.41) is 4.47. The Morgan fingerprint density at radius 2 is 1.67 bits per heavy atom. The van der Waals surface area contributed by atoms with E-state index in [1.807, 2.05) is 17.8 Å². The van der Waals surface area contributed by atoms with Crippen molar-refractivity contribution in [1.82, 2.24) is 14.7 Å². The minimum atomic E-state index is 0.345. The average molecular weight is 396 g/mol. The highest BCUT2D eigenvalue weighted by molar-refractivity contribution is 9.10. The lowest BCUT2D eigenvalue weighted by Crippen LogP contribution is -2.49. The van der Waals surface area contributed by atoms with E-state index in [0.29, 0.717) is 31.0 Å². The third kappa shape index (κ3) is 4.41. The summed E-state index contributed by atoms with van der Waals surface area (Å²) in [6.45, 7) is 2.67. The van der Waals surface area contributed by atoms with E-state index in [4.69, 9.17) is 0 Å². The van der Waals surface area contributed by atoms with Gasteiger partial charge in [-0.3, -0.25) is 9.48 Å². The monoisotopic (exact) mass is 395 g/mol. The summed E-state index contributed by atoms with van der Waals surface area (Å²) >= 11 is 3.50. The van der Waals surface area contributed by atoms with Gasteiger partial charge in [-0.25, -0.2) is 0 Å². The van der Waals surface area contributed by atoms with E-state index in [9.17, 15) is 4.79 Å². The molecule has 2 aliphatic rings. The highest BCUT2D eigenvalue weighted by Gasteiger charge is 2.32. The molecule has 0 radical (unpaired) electrons. The van der Waals surface area contributed by atoms with Gasteiger partial charge < -0.3 is 4.90 Å². The van der Waals surface area contributed by atoms with E-state index in [1.165, 1.54) is 64.2 Å². The van der Waals surface area contributed by atoms with Crippen molar-refractivity contribution in [2.24, 2.45) is 0 Å². The van der Waals surface area contributed by atoms with Gasteiger partial charge in [-0.15, -0.1) is 0 Å². The fourth-order valence-electron chi connectivity index (χ4n) is 4.37. The number of hydrogen-bond acceptors (Lipinski definition) is 2. The summed E-state index contributed by atoms with van der Waals surface area (Å²) in [7, 11) is 0. The molecule has 4 nitrogen and oxygen atoms in total. The second-order valence-electron chi connectivity index (χ2n) is 7.46. The van der Waals surface area contributed by atoms with E-state index in [2.05, 4.69) is 25.9 Å². The van der Waals surface area contributed by atoms with E-state index >= 15 is 0 Å². The molecule has 0 spiro atoms. The van der Waals surface area contributed by atoms with Crippen LogP contribution in [-0.2, 0) is 11.3 Å². The lowest BCUT2D eigenvalue weighted by Gasteiger charge is -2.42. The molecule has 5 heteroatoms. The van der Waals surface area contributed by atoms with E-state index < -0.39 is 0 Å². The second kappa shape index (κ2) is 8.50. The maximum Gasteiger partial charge on any atom is 0.224 e. The highest BCUT2D eigenvalue weighted by Crippen LogP contribution is 2.30. The zero-order valence-electron chi connectivity index (χ0n) is 14.8. The molecule has 2 saturated carbocycles. The number of hydrogen-bond donors (Lipinski definition) is 0. The number of carbonyl (C=O) groups excluding carboxylic acids is 1. The van der Waals surface area contributed by atoms with Gasteiger partial charge in [-0.1, -0.05) is 38.5 Å². The molecule has 0 atom stereocenters. The Labute approximate surface area is 154 Å². The van der Waals surface area contributed by atoms with Crippen molar-refractivity contribution in [1.29, 1.82) is 0 Å². The van der Waals surface area contributed by atoms with Crippen LogP contribution in [0.1, 0.15) is 76.3 Å². The van der Waals surface area contributed by atoms with Gasteiger partial charge in [0.1, 0.15) is 0 Å². The van der Waals surface area contributed by atoms with Gasteiger partial charge in [-0.2, -0.15) is 5.10 Å². The Balaban J connectivity index is 1.65. The third-order valence-electron chi connectivity index (χ3n) is 5.67. The number of nitrogens with zero attached hydrogens (tertiary/aromatic N) is 3. The minimum Gasteiger partial charge on any atom is -0.337 e. The molecule has 0 aliphatic heterocycles.